The Balaban J connectivity index is 1.71. The number of nitrogens with one attached hydrogen (secondary N) is 1. The first-order valence-electron chi connectivity index (χ1n) is 7.17. The molecule has 1 aliphatic heterocycles. The van der Waals surface area contributed by atoms with Gasteiger partial charge < -0.3 is 9.73 Å². The predicted octanol–water partition coefficient (Wildman–Crippen LogP) is 3.05. The Morgan fingerprint density at radius 1 is 1.44 bits per heavy atom. The largest absolute Gasteiger partial charge is 0.468 e. The Morgan fingerprint density at radius 3 is 3.00 bits per heavy atom. The van der Waals surface area contributed by atoms with Crippen LogP contribution in [0.4, 0.5) is 0 Å². The van der Waals surface area contributed by atoms with Crippen LogP contribution in [0.3, 0.4) is 0 Å². The van der Waals surface area contributed by atoms with Crippen molar-refractivity contribution in [2.45, 2.75) is 45.7 Å². The van der Waals surface area contributed by atoms with Crippen molar-refractivity contribution < 1.29 is 4.42 Å². The monoisotopic (exact) mass is 250 g/mol. The fourth-order valence-corrected chi connectivity index (χ4v) is 2.75. The Kier molecular flexibility index (Phi) is 4.84. The van der Waals surface area contributed by atoms with E-state index in [0.29, 0.717) is 6.04 Å². The van der Waals surface area contributed by atoms with Gasteiger partial charge in [-0.2, -0.15) is 0 Å². The van der Waals surface area contributed by atoms with Gasteiger partial charge in [0.1, 0.15) is 5.76 Å². The Bertz CT molecular complexity index is 336. The number of piperidine rings is 1. The molecule has 1 aromatic rings. The topological polar surface area (TPSA) is 28.4 Å². The van der Waals surface area contributed by atoms with Crippen LogP contribution in [0, 0.1) is 5.92 Å². The van der Waals surface area contributed by atoms with E-state index in [1.54, 1.807) is 6.26 Å². The highest BCUT2D eigenvalue weighted by Crippen LogP contribution is 2.20. The molecule has 2 rings (SSSR count). The zero-order valence-electron chi connectivity index (χ0n) is 11.9. The molecule has 3 atom stereocenters. The van der Waals surface area contributed by atoms with E-state index in [2.05, 4.69) is 31.0 Å². The summed E-state index contributed by atoms with van der Waals surface area (Å²) < 4.78 is 5.40. The molecule has 0 spiro atoms. The SMILES string of the molecule is CC1CCC(C)N(CCNC(C)c2ccco2)C1. The molecular formula is C15H26N2O. The number of hydrogen-bond acceptors (Lipinski definition) is 3. The van der Waals surface area contributed by atoms with Crippen molar-refractivity contribution in [3.63, 3.8) is 0 Å². The minimum absolute atomic E-state index is 0.303. The second-order valence-corrected chi connectivity index (χ2v) is 5.72. The van der Waals surface area contributed by atoms with E-state index in [4.69, 9.17) is 4.42 Å². The summed E-state index contributed by atoms with van der Waals surface area (Å²) in [5, 5.41) is 3.53. The summed E-state index contributed by atoms with van der Waals surface area (Å²) in [6.45, 7) is 10.3. The van der Waals surface area contributed by atoms with E-state index in [0.717, 1.165) is 30.8 Å². The maximum absolute atomic E-state index is 5.40. The molecule has 0 amide bonds. The first kappa shape index (κ1) is 13.6. The van der Waals surface area contributed by atoms with Gasteiger partial charge in [-0.1, -0.05) is 6.92 Å². The zero-order valence-corrected chi connectivity index (χ0v) is 11.9. The van der Waals surface area contributed by atoms with Crippen molar-refractivity contribution in [1.82, 2.24) is 10.2 Å². The minimum Gasteiger partial charge on any atom is -0.468 e. The highest BCUT2D eigenvalue weighted by molar-refractivity contribution is 5.02. The summed E-state index contributed by atoms with van der Waals surface area (Å²) in [6.07, 6.45) is 4.46. The zero-order chi connectivity index (χ0) is 13.0. The van der Waals surface area contributed by atoms with E-state index in [9.17, 15) is 0 Å². The Labute approximate surface area is 111 Å². The lowest BCUT2D eigenvalue weighted by Gasteiger charge is -2.37. The Hall–Kier alpha value is -0.800. The van der Waals surface area contributed by atoms with Crippen molar-refractivity contribution >= 4 is 0 Å². The van der Waals surface area contributed by atoms with Crippen LogP contribution >= 0.6 is 0 Å². The van der Waals surface area contributed by atoms with Crippen molar-refractivity contribution in [3.8, 4) is 0 Å². The van der Waals surface area contributed by atoms with Gasteiger partial charge in [0.25, 0.3) is 0 Å². The van der Waals surface area contributed by atoms with Crippen molar-refractivity contribution in [2.24, 2.45) is 5.92 Å². The molecule has 0 aromatic carbocycles. The molecule has 1 fully saturated rings. The smallest absolute Gasteiger partial charge is 0.120 e. The van der Waals surface area contributed by atoms with Crippen LogP contribution < -0.4 is 5.32 Å². The fraction of sp³-hybridized carbons (Fsp3) is 0.733. The summed E-state index contributed by atoms with van der Waals surface area (Å²) >= 11 is 0. The lowest BCUT2D eigenvalue weighted by Crippen LogP contribution is -2.44. The third-order valence-corrected chi connectivity index (χ3v) is 4.07. The standard InChI is InChI=1S/C15H26N2O/c1-12-6-7-13(2)17(11-12)9-8-16-14(3)15-5-4-10-18-15/h4-5,10,12-14,16H,6-9,11H2,1-3H3. The summed E-state index contributed by atoms with van der Waals surface area (Å²) in [4.78, 5) is 2.61. The van der Waals surface area contributed by atoms with Gasteiger partial charge in [-0.05, 0) is 44.7 Å². The number of rotatable bonds is 5. The van der Waals surface area contributed by atoms with E-state index in [1.807, 2.05) is 12.1 Å². The first-order chi connectivity index (χ1) is 8.66. The molecule has 1 aliphatic rings. The molecule has 2 heterocycles. The van der Waals surface area contributed by atoms with Gasteiger partial charge in [-0.3, -0.25) is 4.90 Å². The van der Waals surface area contributed by atoms with Gasteiger partial charge in [0.15, 0.2) is 0 Å². The summed E-state index contributed by atoms with van der Waals surface area (Å²) in [6, 6.07) is 5.02. The van der Waals surface area contributed by atoms with Gasteiger partial charge in [0.05, 0.1) is 12.3 Å². The molecular weight excluding hydrogens is 224 g/mol. The molecule has 18 heavy (non-hydrogen) atoms. The van der Waals surface area contributed by atoms with Crippen molar-refractivity contribution in [3.05, 3.63) is 24.2 Å². The molecule has 0 aliphatic carbocycles. The first-order valence-corrected chi connectivity index (χ1v) is 7.17. The molecule has 0 radical (unpaired) electrons. The van der Waals surface area contributed by atoms with E-state index in [1.165, 1.54) is 19.4 Å². The third kappa shape index (κ3) is 3.59. The van der Waals surface area contributed by atoms with Gasteiger partial charge in [0, 0.05) is 25.7 Å². The second kappa shape index (κ2) is 6.39. The highest BCUT2D eigenvalue weighted by Gasteiger charge is 2.22. The maximum atomic E-state index is 5.40. The molecule has 3 nitrogen and oxygen atoms in total. The lowest BCUT2D eigenvalue weighted by molar-refractivity contribution is 0.124. The molecule has 3 heteroatoms. The van der Waals surface area contributed by atoms with Crippen LogP contribution in [0.5, 0.6) is 0 Å². The predicted molar refractivity (Wildman–Crippen MR) is 74.6 cm³/mol. The van der Waals surface area contributed by atoms with Gasteiger partial charge in [-0.25, -0.2) is 0 Å². The molecule has 1 saturated heterocycles. The average Bonchev–Trinajstić information content (AvgIpc) is 2.87. The average molecular weight is 250 g/mol. The van der Waals surface area contributed by atoms with Crippen LogP contribution in [-0.2, 0) is 0 Å². The van der Waals surface area contributed by atoms with Crippen LogP contribution in [0.2, 0.25) is 0 Å². The van der Waals surface area contributed by atoms with Gasteiger partial charge >= 0.3 is 0 Å². The van der Waals surface area contributed by atoms with E-state index < -0.39 is 0 Å². The van der Waals surface area contributed by atoms with Crippen LogP contribution in [0.15, 0.2) is 22.8 Å². The maximum Gasteiger partial charge on any atom is 0.120 e. The summed E-state index contributed by atoms with van der Waals surface area (Å²) in [5.74, 6) is 1.87. The van der Waals surface area contributed by atoms with Gasteiger partial charge in [0.2, 0.25) is 0 Å². The molecule has 102 valence electrons. The molecule has 3 unspecified atom stereocenters. The number of hydrogen-bond donors (Lipinski definition) is 1. The minimum atomic E-state index is 0.303. The van der Waals surface area contributed by atoms with Crippen LogP contribution in [0.1, 0.15) is 45.4 Å². The third-order valence-electron chi connectivity index (χ3n) is 4.07. The van der Waals surface area contributed by atoms with E-state index in [-0.39, 0.29) is 0 Å². The second-order valence-electron chi connectivity index (χ2n) is 5.72. The van der Waals surface area contributed by atoms with E-state index >= 15 is 0 Å². The fourth-order valence-electron chi connectivity index (χ4n) is 2.75. The number of furan rings is 1. The Morgan fingerprint density at radius 2 is 2.28 bits per heavy atom. The number of nitrogens with zero attached hydrogens (tertiary/aromatic N) is 1. The lowest BCUT2D eigenvalue weighted by atomic mass is 9.95. The normalized spacial score (nSPS) is 27.3. The molecule has 0 saturated carbocycles. The highest BCUT2D eigenvalue weighted by atomic mass is 16.3. The van der Waals surface area contributed by atoms with Crippen LogP contribution in [0.25, 0.3) is 0 Å². The number of likely N-dealkylation sites (tertiary alicyclic amines) is 1. The summed E-state index contributed by atoms with van der Waals surface area (Å²) in [7, 11) is 0. The van der Waals surface area contributed by atoms with Gasteiger partial charge in [-0.15, -0.1) is 0 Å². The molecule has 1 aromatic heterocycles. The molecule has 0 bridgehead atoms. The molecule has 1 N–H and O–H groups in total. The summed E-state index contributed by atoms with van der Waals surface area (Å²) in [5.41, 5.74) is 0. The quantitative estimate of drug-likeness (QED) is 0.870. The van der Waals surface area contributed by atoms with Crippen LogP contribution in [-0.4, -0.2) is 30.6 Å². The van der Waals surface area contributed by atoms with Crippen molar-refractivity contribution in [2.75, 3.05) is 19.6 Å². The van der Waals surface area contributed by atoms with Crippen molar-refractivity contribution in [1.29, 1.82) is 0 Å².